The van der Waals surface area contributed by atoms with Crippen LogP contribution < -0.4 is 10.1 Å². The maximum Gasteiger partial charge on any atom is 0.227 e. The van der Waals surface area contributed by atoms with Gasteiger partial charge in [-0.2, -0.15) is 0 Å². The van der Waals surface area contributed by atoms with Gasteiger partial charge in [0.1, 0.15) is 11.9 Å². The van der Waals surface area contributed by atoms with Crippen molar-refractivity contribution in [3.8, 4) is 5.75 Å². The lowest BCUT2D eigenvalue weighted by Gasteiger charge is -2.32. The third kappa shape index (κ3) is 6.04. The Kier molecular flexibility index (Phi) is 7.47. The fourth-order valence-electron chi connectivity index (χ4n) is 3.88. The summed E-state index contributed by atoms with van der Waals surface area (Å²) in [5.41, 5.74) is 4.04. The molecule has 0 bridgehead atoms. The summed E-state index contributed by atoms with van der Waals surface area (Å²) < 4.78 is 11.2. The molecule has 1 N–H and O–H groups in total. The Hall–Kier alpha value is -3.52. The highest BCUT2D eigenvalue weighted by molar-refractivity contribution is 5.76. The lowest BCUT2D eigenvalue weighted by molar-refractivity contribution is -0.139. The van der Waals surface area contributed by atoms with Gasteiger partial charge in [0.15, 0.2) is 0 Å². The first-order chi connectivity index (χ1) is 16.1. The molecule has 0 spiro atoms. The fourth-order valence-corrected chi connectivity index (χ4v) is 3.88. The van der Waals surface area contributed by atoms with Gasteiger partial charge < -0.3 is 19.7 Å². The first-order valence-electron chi connectivity index (χ1n) is 11.2. The molecule has 0 aliphatic carbocycles. The summed E-state index contributed by atoms with van der Waals surface area (Å²) in [5.74, 6) is 1.54. The molecule has 0 unspecified atom stereocenters. The highest BCUT2D eigenvalue weighted by Gasteiger charge is 2.26. The molecular weight excluding hydrogens is 418 g/mol. The van der Waals surface area contributed by atoms with Crippen molar-refractivity contribution in [3.63, 3.8) is 0 Å². The molecule has 4 rings (SSSR count). The van der Waals surface area contributed by atoms with E-state index in [1.807, 2.05) is 29.2 Å². The van der Waals surface area contributed by atoms with Crippen LogP contribution in [0.25, 0.3) is 0 Å². The number of benzene rings is 1. The van der Waals surface area contributed by atoms with E-state index in [-0.39, 0.29) is 12.0 Å². The van der Waals surface area contributed by atoms with Crippen molar-refractivity contribution in [1.29, 1.82) is 0 Å². The molecule has 1 fully saturated rings. The molecular formula is C25H29N5O3. The fraction of sp³-hybridized carbons (Fsp3) is 0.360. The van der Waals surface area contributed by atoms with E-state index in [0.29, 0.717) is 32.1 Å². The minimum absolute atomic E-state index is 0.161. The van der Waals surface area contributed by atoms with Crippen molar-refractivity contribution < 1.29 is 14.3 Å². The Labute approximate surface area is 194 Å². The van der Waals surface area contributed by atoms with E-state index in [1.165, 1.54) is 11.1 Å². The number of ether oxygens (including phenoxy) is 2. The Morgan fingerprint density at radius 3 is 2.79 bits per heavy atom. The number of methoxy groups -OCH3 is 1. The van der Waals surface area contributed by atoms with Gasteiger partial charge in [-0.05, 0) is 61.2 Å². The quantitative estimate of drug-likeness (QED) is 0.561. The number of hydrogen-bond donors (Lipinski definition) is 1. The van der Waals surface area contributed by atoms with Crippen LogP contribution in [-0.2, 0) is 16.0 Å². The Morgan fingerprint density at radius 1 is 1.21 bits per heavy atom. The van der Waals surface area contributed by atoms with E-state index >= 15 is 0 Å². The second-order valence-electron chi connectivity index (χ2n) is 8.01. The number of nitrogens with one attached hydrogen (secondary N) is 1. The third-order valence-corrected chi connectivity index (χ3v) is 5.74. The van der Waals surface area contributed by atoms with Gasteiger partial charge >= 0.3 is 0 Å². The van der Waals surface area contributed by atoms with Crippen LogP contribution in [-0.4, -0.2) is 52.6 Å². The zero-order valence-corrected chi connectivity index (χ0v) is 19.0. The summed E-state index contributed by atoms with van der Waals surface area (Å²) in [5, 5.41) is 3.11. The van der Waals surface area contributed by atoms with Gasteiger partial charge in [0.05, 0.1) is 37.8 Å². The van der Waals surface area contributed by atoms with Gasteiger partial charge in [-0.25, -0.2) is 9.97 Å². The minimum Gasteiger partial charge on any atom is -0.497 e. The number of aromatic nitrogens is 3. The molecule has 0 saturated carbocycles. The maximum atomic E-state index is 12.8. The molecule has 3 heterocycles. The molecule has 1 aromatic carbocycles. The summed E-state index contributed by atoms with van der Waals surface area (Å²) in [4.78, 5) is 27.5. The monoisotopic (exact) mass is 447 g/mol. The molecule has 3 aromatic rings. The Balaban J connectivity index is 1.28. The molecule has 1 atom stereocenters. The van der Waals surface area contributed by atoms with E-state index in [9.17, 15) is 4.79 Å². The summed E-state index contributed by atoms with van der Waals surface area (Å²) in [6.45, 7) is 3.71. The molecule has 33 heavy (non-hydrogen) atoms. The molecule has 1 saturated heterocycles. The van der Waals surface area contributed by atoms with Crippen LogP contribution in [0.4, 0.5) is 11.6 Å². The number of amides is 1. The van der Waals surface area contributed by atoms with Crippen LogP contribution in [0.3, 0.4) is 0 Å². The van der Waals surface area contributed by atoms with Crippen LogP contribution in [0.1, 0.15) is 35.8 Å². The van der Waals surface area contributed by atoms with E-state index in [2.05, 4.69) is 33.3 Å². The smallest absolute Gasteiger partial charge is 0.227 e. The lowest BCUT2D eigenvalue weighted by Crippen LogP contribution is -2.42. The van der Waals surface area contributed by atoms with Gasteiger partial charge in [0.2, 0.25) is 11.9 Å². The standard InChI is InChI=1S/C25H29N5O3/c1-18-15-21(32-2)9-7-19(18)5-3-6-24(31)30-13-14-33-23(17-30)22-10-8-20(16-28-22)29-25-26-11-4-12-27-25/h4,7-12,15-16,23H,3,5-6,13-14,17H2,1-2H3,(H,26,27,29)/t23-/m0/s1. The average Bonchev–Trinajstić information content (AvgIpc) is 2.86. The van der Waals surface area contributed by atoms with Gasteiger partial charge in [0.25, 0.3) is 0 Å². The van der Waals surface area contributed by atoms with Crippen molar-refractivity contribution in [1.82, 2.24) is 19.9 Å². The highest BCUT2D eigenvalue weighted by atomic mass is 16.5. The number of carbonyl (C=O) groups excluding carboxylic acids is 1. The predicted molar refractivity (Wildman–Crippen MR) is 125 cm³/mol. The number of hydrogen-bond acceptors (Lipinski definition) is 7. The largest absolute Gasteiger partial charge is 0.497 e. The van der Waals surface area contributed by atoms with Crippen LogP contribution >= 0.6 is 0 Å². The van der Waals surface area contributed by atoms with Gasteiger partial charge in [-0.15, -0.1) is 0 Å². The van der Waals surface area contributed by atoms with Crippen molar-refractivity contribution in [2.45, 2.75) is 32.3 Å². The van der Waals surface area contributed by atoms with E-state index in [4.69, 9.17) is 9.47 Å². The van der Waals surface area contributed by atoms with E-state index < -0.39 is 0 Å². The van der Waals surface area contributed by atoms with Gasteiger partial charge in [-0.3, -0.25) is 9.78 Å². The van der Waals surface area contributed by atoms with E-state index in [1.54, 1.807) is 31.8 Å². The number of nitrogens with zero attached hydrogens (tertiary/aromatic N) is 4. The lowest BCUT2D eigenvalue weighted by atomic mass is 10.0. The Bertz CT molecular complexity index is 1060. The van der Waals surface area contributed by atoms with Crippen molar-refractivity contribution in [2.75, 3.05) is 32.1 Å². The summed E-state index contributed by atoms with van der Waals surface area (Å²) in [7, 11) is 1.67. The predicted octanol–water partition coefficient (Wildman–Crippen LogP) is 3.86. The van der Waals surface area contributed by atoms with Crippen LogP contribution in [0.5, 0.6) is 5.75 Å². The Morgan fingerprint density at radius 2 is 2.06 bits per heavy atom. The third-order valence-electron chi connectivity index (χ3n) is 5.74. The normalized spacial score (nSPS) is 15.8. The first kappa shape index (κ1) is 22.7. The molecule has 8 heteroatoms. The number of pyridine rings is 1. The van der Waals surface area contributed by atoms with Crippen molar-refractivity contribution in [2.24, 2.45) is 0 Å². The molecule has 1 amide bonds. The zero-order valence-electron chi connectivity index (χ0n) is 19.0. The maximum absolute atomic E-state index is 12.8. The molecule has 1 aliphatic rings. The highest BCUT2D eigenvalue weighted by Crippen LogP contribution is 2.23. The SMILES string of the molecule is COc1ccc(CCCC(=O)N2CCO[C@H](c3ccc(Nc4ncccn4)cn3)C2)c(C)c1. The molecule has 0 radical (unpaired) electrons. The van der Waals surface area contributed by atoms with Gasteiger partial charge in [0, 0.05) is 25.4 Å². The summed E-state index contributed by atoms with van der Waals surface area (Å²) in [6.07, 6.45) is 7.06. The molecule has 2 aromatic heterocycles. The number of morpholine rings is 1. The summed E-state index contributed by atoms with van der Waals surface area (Å²) >= 11 is 0. The first-order valence-corrected chi connectivity index (χ1v) is 11.2. The van der Waals surface area contributed by atoms with Crippen LogP contribution in [0.15, 0.2) is 55.0 Å². The van der Waals surface area contributed by atoms with Crippen molar-refractivity contribution >= 4 is 17.5 Å². The number of aryl methyl sites for hydroxylation is 2. The molecule has 172 valence electrons. The van der Waals surface area contributed by atoms with Crippen molar-refractivity contribution in [3.05, 3.63) is 71.8 Å². The number of carbonyl (C=O) groups is 1. The minimum atomic E-state index is -0.228. The number of anilines is 2. The second kappa shape index (κ2) is 10.9. The molecule has 8 nitrogen and oxygen atoms in total. The van der Waals surface area contributed by atoms with Crippen LogP contribution in [0, 0.1) is 6.92 Å². The van der Waals surface area contributed by atoms with E-state index in [0.717, 1.165) is 30.0 Å². The summed E-state index contributed by atoms with van der Waals surface area (Å²) in [6, 6.07) is 11.7. The molecule has 1 aliphatic heterocycles. The van der Waals surface area contributed by atoms with Gasteiger partial charge in [-0.1, -0.05) is 6.07 Å². The second-order valence-corrected chi connectivity index (χ2v) is 8.01. The average molecular weight is 448 g/mol. The van der Waals surface area contributed by atoms with Crippen LogP contribution in [0.2, 0.25) is 0 Å². The number of rotatable bonds is 8. The zero-order chi connectivity index (χ0) is 23.0. The topological polar surface area (TPSA) is 89.5 Å².